The number of carbonyl (C=O) groups is 1. The van der Waals surface area contributed by atoms with E-state index in [-0.39, 0.29) is 0 Å². The number of aliphatic hydroxyl groups is 1. The number of ether oxygens (including phenoxy) is 1. The molecule has 0 radical (unpaired) electrons. The van der Waals surface area contributed by atoms with Crippen molar-refractivity contribution in [2.24, 2.45) is 5.73 Å². The van der Waals surface area contributed by atoms with E-state index in [1.165, 1.54) is 12.3 Å². The minimum Gasteiger partial charge on any atom is -0.438 e. The zero-order valence-electron chi connectivity index (χ0n) is 14.8. The molecule has 6 nitrogen and oxygen atoms in total. The molecule has 3 rings (SSSR count). The van der Waals surface area contributed by atoms with Crippen LogP contribution in [0.1, 0.15) is 15.9 Å². The van der Waals surface area contributed by atoms with Crippen molar-refractivity contribution in [2.75, 3.05) is 6.54 Å². The third-order valence-electron chi connectivity index (χ3n) is 4.15. The molecule has 1 aromatic heterocycles. The van der Waals surface area contributed by atoms with Crippen molar-refractivity contribution < 1.29 is 14.6 Å². The van der Waals surface area contributed by atoms with Crippen molar-refractivity contribution >= 4 is 16.7 Å². The molecule has 0 saturated carbocycles. The van der Waals surface area contributed by atoms with Crippen LogP contribution in [0.4, 0.5) is 0 Å². The summed E-state index contributed by atoms with van der Waals surface area (Å²) >= 11 is 0. The second kappa shape index (κ2) is 8.44. The van der Waals surface area contributed by atoms with Crippen LogP contribution in [0.25, 0.3) is 10.8 Å². The Kier molecular flexibility index (Phi) is 5.80. The number of nitrogens with zero attached hydrogens (tertiary/aromatic N) is 1. The van der Waals surface area contributed by atoms with Crippen LogP contribution in [0.5, 0.6) is 11.6 Å². The van der Waals surface area contributed by atoms with E-state index in [2.05, 4.69) is 16.9 Å². The number of amides is 1. The largest absolute Gasteiger partial charge is 0.438 e. The summed E-state index contributed by atoms with van der Waals surface area (Å²) in [5.41, 5.74) is 6.65. The number of carbonyl (C=O) groups excluding carboxylic acids is 1. The smallest absolute Gasteiger partial charge is 0.250 e. The molecule has 1 heterocycles. The van der Waals surface area contributed by atoms with Gasteiger partial charge >= 0.3 is 0 Å². The lowest BCUT2D eigenvalue weighted by Crippen LogP contribution is -2.24. The number of hydrogen-bond donors (Lipinski definition) is 3. The van der Waals surface area contributed by atoms with Gasteiger partial charge in [0.1, 0.15) is 5.75 Å². The standard InChI is InChI=1S/C21H21N3O3/c1-2-16(25)13-23-11-14-5-3-7-18-17(14)6-4-8-19(18)27-20-10-9-15(12-24-20)21(22)26/h2-10,12,16,23,25H,1,11,13H2,(H2,22,26). The van der Waals surface area contributed by atoms with Gasteiger partial charge in [-0.25, -0.2) is 4.98 Å². The van der Waals surface area contributed by atoms with Crippen molar-refractivity contribution in [1.82, 2.24) is 10.3 Å². The lowest BCUT2D eigenvalue weighted by atomic mass is 10.0. The Morgan fingerprint density at radius 2 is 2.00 bits per heavy atom. The Labute approximate surface area is 157 Å². The molecule has 0 aliphatic heterocycles. The van der Waals surface area contributed by atoms with E-state index in [4.69, 9.17) is 10.5 Å². The number of benzene rings is 2. The number of nitrogens with two attached hydrogens (primary N) is 1. The van der Waals surface area contributed by atoms with Crippen LogP contribution in [-0.4, -0.2) is 28.6 Å². The highest BCUT2D eigenvalue weighted by molar-refractivity contribution is 5.92. The molecule has 6 heteroatoms. The molecule has 0 saturated heterocycles. The minimum absolute atomic E-state index is 0.329. The number of nitrogens with one attached hydrogen (secondary N) is 1. The molecule has 0 aliphatic carbocycles. The molecule has 1 unspecified atom stereocenters. The van der Waals surface area contributed by atoms with Gasteiger partial charge in [-0.05, 0) is 23.1 Å². The number of aliphatic hydroxyl groups excluding tert-OH is 1. The Balaban J connectivity index is 1.83. The third-order valence-corrected chi connectivity index (χ3v) is 4.15. The maximum atomic E-state index is 11.1. The molecule has 0 fully saturated rings. The molecule has 0 bridgehead atoms. The van der Waals surface area contributed by atoms with Crippen molar-refractivity contribution in [3.05, 3.63) is 78.5 Å². The van der Waals surface area contributed by atoms with Crippen molar-refractivity contribution in [2.45, 2.75) is 12.6 Å². The molecule has 4 N–H and O–H groups in total. The van der Waals surface area contributed by atoms with Crippen LogP contribution in [0.3, 0.4) is 0 Å². The molecule has 1 atom stereocenters. The van der Waals surface area contributed by atoms with Crippen LogP contribution in [0, 0.1) is 0 Å². The summed E-state index contributed by atoms with van der Waals surface area (Å²) in [6, 6.07) is 15.0. The van der Waals surface area contributed by atoms with E-state index in [0.717, 1.165) is 16.3 Å². The van der Waals surface area contributed by atoms with E-state index in [1.807, 2.05) is 36.4 Å². The fourth-order valence-electron chi connectivity index (χ4n) is 2.73. The van der Waals surface area contributed by atoms with Crippen molar-refractivity contribution in [1.29, 1.82) is 0 Å². The predicted octanol–water partition coefficient (Wildman–Crippen LogP) is 2.76. The van der Waals surface area contributed by atoms with Crippen LogP contribution in [0.15, 0.2) is 67.4 Å². The van der Waals surface area contributed by atoms with Gasteiger partial charge in [-0.15, -0.1) is 6.58 Å². The minimum atomic E-state index is -0.576. The highest BCUT2D eigenvalue weighted by Gasteiger charge is 2.09. The van der Waals surface area contributed by atoms with Crippen LogP contribution in [0.2, 0.25) is 0 Å². The first-order valence-electron chi connectivity index (χ1n) is 8.54. The van der Waals surface area contributed by atoms with Gasteiger partial charge in [-0.2, -0.15) is 0 Å². The molecule has 0 spiro atoms. The molecule has 2 aromatic carbocycles. The number of rotatable bonds is 8. The first-order chi connectivity index (χ1) is 13.1. The summed E-state index contributed by atoms with van der Waals surface area (Å²) in [4.78, 5) is 15.3. The van der Waals surface area contributed by atoms with Gasteiger partial charge in [0.25, 0.3) is 0 Å². The first-order valence-corrected chi connectivity index (χ1v) is 8.54. The quantitative estimate of drug-likeness (QED) is 0.535. The maximum absolute atomic E-state index is 11.1. The molecular formula is C21H21N3O3. The predicted molar refractivity (Wildman–Crippen MR) is 105 cm³/mol. The fourth-order valence-corrected chi connectivity index (χ4v) is 2.73. The first kappa shape index (κ1) is 18.6. The van der Waals surface area contributed by atoms with Gasteiger partial charge < -0.3 is 20.9 Å². The van der Waals surface area contributed by atoms with E-state index >= 15 is 0 Å². The van der Waals surface area contributed by atoms with Crippen LogP contribution in [-0.2, 0) is 6.54 Å². The summed E-state index contributed by atoms with van der Waals surface area (Å²) in [6.07, 6.45) is 2.31. The van der Waals surface area contributed by atoms with Gasteiger partial charge in [-0.1, -0.05) is 36.4 Å². The molecule has 1 amide bonds. The van der Waals surface area contributed by atoms with Gasteiger partial charge in [0.15, 0.2) is 0 Å². The number of aromatic nitrogens is 1. The summed E-state index contributed by atoms with van der Waals surface area (Å²) in [5.74, 6) is 0.517. The van der Waals surface area contributed by atoms with Crippen LogP contribution >= 0.6 is 0 Å². The molecule has 3 aromatic rings. The third kappa shape index (κ3) is 4.49. The molecular weight excluding hydrogens is 342 g/mol. The SMILES string of the molecule is C=CC(O)CNCc1cccc2c(Oc3ccc(C(N)=O)cn3)cccc12. The zero-order valence-corrected chi connectivity index (χ0v) is 14.8. The molecule has 0 aliphatic rings. The Hall–Kier alpha value is -3.22. The van der Waals surface area contributed by atoms with Crippen molar-refractivity contribution in [3.63, 3.8) is 0 Å². The highest BCUT2D eigenvalue weighted by Crippen LogP contribution is 2.31. The maximum Gasteiger partial charge on any atom is 0.250 e. The van der Waals surface area contributed by atoms with E-state index < -0.39 is 12.0 Å². The number of pyridine rings is 1. The second-order valence-corrected chi connectivity index (χ2v) is 6.05. The number of fused-ring (bicyclic) bond motifs is 1. The van der Waals surface area contributed by atoms with E-state index in [1.54, 1.807) is 12.1 Å². The molecule has 138 valence electrons. The lowest BCUT2D eigenvalue weighted by molar-refractivity contribution is 0.1000. The van der Waals surface area contributed by atoms with E-state index in [9.17, 15) is 9.90 Å². The zero-order chi connectivity index (χ0) is 19.2. The Morgan fingerprint density at radius 1 is 1.22 bits per heavy atom. The van der Waals surface area contributed by atoms with E-state index in [0.29, 0.717) is 30.3 Å². The monoisotopic (exact) mass is 363 g/mol. The summed E-state index contributed by atoms with van der Waals surface area (Å²) in [5, 5.41) is 14.8. The van der Waals surface area contributed by atoms with Crippen molar-refractivity contribution in [3.8, 4) is 11.6 Å². The highest BCUT2D eigenvalue weighted by atomic mass is 16.5. The summed E-state index contributed by atoms with van der Waals surface area (Å²) < 4.78 is 5.90. The molecule has 27 heavy (non-hydrogen) atoms. The van der Waals surface area contributed by atoms with Gasteiger partial charge in [0.05, 0.1) is 11.7 Å². The average Bonchev–Trinajstić information content (AvgIpc) is 2.68. The Morgan fingerprint density at radius 3 is 2.70 bits per heavy atom. The van der Waals surface area contributed by atoms with Crippen LogP contribution < -0.4 is 15.8 Å². The summed E-state index contributed by atoms with van der Waals surface area (Å²) in [6.45, 7) is 4.61. The number of hydrogen-bond acceptors (Lipinski definition) is 5. The lowest BCUT2D eigenvalue weighted by Gasteiger charge is -2.13. The Bertz CT molecular complexity index is 955. The summed E-state index contributed by atoms with van der Waals surface area (Å²) in [7, 11) is 0. The van der Waals surface area contributed by atoms with Gasteiger partial charge in [0, 0.05) is 30.7 Å². The average molecular weight is 363 g/mol. The van der Waals surface area contributed by atoms with Gasteiger partial charge in [0.2, 0.25) is 11.8 Å². The second-order valence-electron chi connectivity index (χ2n) is 6.05. The fraction of sp³-hybridized carbons (Fsp3) is 0.143. The normalized spacial score (nSPS) is 11.9. The van der Waals surface area contributed by atoms with Gasteiger partial charge in [-0.3, -0.25) is 4.79 Å². The number of primary amides is 1. The topological polar surface area (TPSA) is 97.5 Å².